The Kier molecular flexibility index (Phi) is 5.89. The van der Waals surface area contributed by atoms with E-state index < -0.39 is 0 Å². The largest absolute Gasteiger partial charge is 0.459 e. The van der Waals surface area contributed by atoms with Gasteiger partial charge in [-0.2, -0.15) is 0 Å². The Morgan fingerprint density at radius 1 is 1.16 bits per heavy atom. The summed E-state index contributed by atoms with van der Waals surface area (Å²) in [6, 6.07) is 14.9. The van der Waals surface area contributed by atoms with E-state index in [-0.39, 0.29) is 18.2 Å². The Morgan fingerprint density at radius 2 is 2.06 bits per heavy atom. The molecule has 0 amide bonds. The van der Waals surface area contributed by atoms with Crippen molar-refractivity contribution < 1.29 is 9.15 Å². The van der Waals surface area contributed by atoms with Crippen molar-refractivity contribution in [1.82, 2.24) is 15.2 Å². The maximum Gasteiger partial charge on any atom is 0.170 e. The molecule has 31 heavy (non-hydrogen) atoms. The normalized spacial score (nSPS) is 23.4. The lowest BCUT2D eigenvalue weighted by Crippen LogP contribution is -2.36. The molecule has 0 aliphatic carbocycles. The van der Waals surface area contributed by atoms with E-state index in [1.54, 1.807) is 18.3 Å². The molecule has 8 heteroatoms. The van der Waals surface area contributed by atoms with E-state index in [0.29, 0.717) is 27.5 Å². The summed E-state index contributed by atoms with van der Waals surface area (Å²) in [5.41, 5.74) is 1.71. The summed E-state index contributed by atoms with van der Waals surface area (Å²) in [6.07, 6.45) is 4.06. The molecular formula is C23H21Cl2N3O2S. The zero-order valence-electron chi connectivity index (χ0n) is 16.6. The highest BCUT2D eigenvalue weighted by atomic mass is 35.5. The van der Waals surface area contributed by atoms with Crippen molar-refractivity contribution in [1.29, 1.82) is 0 Å². The molecule has 2 aromatic heterocycles. The van der Waals surface area contributed by atoms with Crippen LogP contribution in [0.15, 0.2) is 59.1 Å². The van der Waals surface area contributed by atoms with Crippen LogP contribution in [0.2, 0.25) is 10.0 Å². The molecule has 3 aromatic rings. The fraction of sp³-hybridized carbons (Fsp3) is 0.304. The average Bonchev–Trinajstić information content (AvgIpc) is 3.51. The molecule has 2 fully saturated rings. The van der Waals surface area contributed by atoms with Crippen LogP contribution in [0.25, 0.3) is 11.3 Å². The monoisotopic (exact) mass is 473 g/mol. The predicted octanol–water partition coefficient (Wildman–Crippen LogP) is 5.80. The van der Waals surface area contributed by atoms with Gasteiger partial charge in [-0.1, -0.05) is 29.3 Å². The van der Waals surface area contributed by atoms with Gasteiger partial charge in [0.1, 0.15) is 17.6 Å². The standard InChI is InChI=1S/C23H21Cl2N3O2S/c24-14-6-7-16(17(25)12-14)19-8-9-20(30-19)22-21(18-5-1-2-10-26-18)27-23(31)28(22)13-15-4-3-11-29-15/h1-2,5-10,12,15,21-22H,3-4,11,13H2,(H,27,31). The number of aromatic nitrogens is 1. The lowest BCUT2D eigenvalue weighted by atomic mass is 10.0. The first-order chi connectivity index (χ1) is 15.1. The molecule has 0 bridgehead atoms. The molecule has 2 aliphatic rings. The molecule has 3 unspecified atom stereocenters. The van der Waals surface area contributed by atoms with Gasteiger partial charge < -0.3 is 19.4 Å². The highest BCUT2D eigenvalue weighted by Gasteiger charge is 2.42. The van der Waals surface area contributed by atoms with Gasteiger partial charge in [-0.15, -0.1) is 0 Å². The summed E-state index contributed by atoms with van der Waals surface area (Å²) in [5.74, 6) is 1.48. The second-order valence-corrected chi connectivity index (χ2v) is 8.97. The number of benzene rings is 1. The van der Waals surface area contributed by atoms with Crippen LogP contribution in [0.3, 0.4) is 0 Å². The van der Waals surface area contributed by atoms with Crippen LogP contribution in [0.1, 0.15) is 36.4 Å². The van der Waals surface area contributed by atoms with E-state index >= 15 is 0 Å². The van der Waals surface area contributed by atoms with Crippen LogP contribution in [-0.2, 0) is 4.74 Å². The number of hydrogen-bond donors (Lipinski definition) is 1. The second-order valence-electron chi connectivity index (χ2n) is 7.74. The molecule has 0 radical (unpaired) electrons. The van der Waals surface area contributed by atoms with Gasteiger partial charge in [0.05, 0.1) is 22.9 Å². The molecule has 1 N–H and O–H groups in total. The quantitative estimate of drug-likeness (QED) is 0.472. The fourth-order valence-electron chi connectivity index (χ4n) is 4.26. The zero-order valence-corrected chi connectivity index (χ0v) is 19.0. The number of ether oxygens (including phenoxy) is 1. The van der Waals surface area contributed by atoms with Crippen LogP contribution >= 0.6 is 35.4 Å². The van der Waals surface area contributed by atoms with E-state index in [1.165, 1.54) is 0 Å². The van der Waals surface area contributed by atoms with E-state index in [0.717, 1.165) is 36.5 Å². The van der Waals surface area contributed by atoms with Gasteiger partial charge in [-0.05, 0) is 67.5 Å². The van der Waals surface area contributed by atoms with Gasteiger partial charge in [0.2, 0.25) is 0 Å². The summed E-state index contributed by atoms with van der Waals surface area (Å²) in [4.78, 5) is 6.73. The third kappa shape index (κ3) is 4.17. The van der Waals surface area contributed by atoms with E-state index in [2.05, 4.69) is 15.2 Å². The second kappa shape index (κ2) is 8.79. The minimum Gasteiger partial charge on any atom is -0.459 e. The van der Waals surface area contributed by atoms with Crippen molar-refractivity contribution in [3.63, 3.8) is 0 Å². The van der Waals surface area contributed by atoms with Crippen molar-refractivity contribution in [3.05, 3.63) is 76.2 Å². The Hall–Kier alpha value is -2.12. The summed E-state index contributed by atoms with van der Waals surface area (Å²) < 4.78 is 12.2. The van der Waals surface area contributed by atoms with Gasteiger partial charge in [-0.25, -0.2) is 0 Å². The van der Waals surface area contributed by atoms with Crippen LogP contribution in [0, 0.1) is 0 Å². The molecular weight excluding hydrogens is 453 g/mol. The number of pyridine rings is 1. The van der Waals surface area contributed by atoms with Gasteiger partial charge in [0.15, 0.2) is 5.11 Å². The van der Waals surface area contributed by atoms with Crippen molar-refractivity contribution in [3.8, 4) is 11.3 Å². The summed E-state index contributed by atoms with van der Waals surface area (Å²) in [6.45, 7) is 1.50. The number of nitrogens with zero attached hydrogens (tertiary/aromatic N) is 2. The predicted molar refractivity (Wildman–Crippen MR) is 125 cm³/mol. The maximum atomic E-state index is 6.41. The smallest absolute Gasteiger partial charge is 0.170 e. The topological polar surface area (TPSA) is 50.5 Å². The summed E-state index contributed by atoms with van der Waals surface area (Å²) in [7, 11) is 0. The maximum absolute atomic E-state index is 6.41. The van der Waals surface area contributed by atoms with E-state index in [9.17, 15) is 0 Å². The van der Waals surface area contributed by atoms with Gasteiger partial charge in [-0.3, -0.25) is 4.98 Å². The number of hydrogen-bond acceptors (Lipinski definition) is 4. The molecule has 5 rings (SSSR count). The fourth-order valence-corrected chi connectivity index (χ4v) is 5.08. The molecule has 3 atom stereocenters. The molecule has 1 aromatic carbocycles. The van der Waals surface area contributed by atoms with Crippen molar-refractivity contribution in [2.45, 2.75) is 31.0 Å². The third-order valence-electron chi connectivity index (χ3n) is 5.74. The van der Waals surface area contributed by atoms with Crippen molar-refractivity contribution in [2.24, 2.45) is 0 Å². The Bertz CT molecular complexity index is 1090. The van der Waals surface area contributed by atoms with Crippen LogP contribution in [0.4, 0.5) is 0 Å². The SMILES string of the molecule is S=C1NC(c2ccccn2)C(c2ccc(-c3ccc(Cl)cc3Cl)o2)N1CC1CCCO1. The Labute approximate surface area is 196 Å². The lowest BCUT2D eigenvalue weighted by molar-refractivity contribution is 0.0818. The first kappa shape index (κ1) is 20.8. The lowest BCUT2D eigenvalue weighted by Gasteiger charge is -2.28. The number of thiocarbonyl (C=S) groups is 1. The van der Waals surface area contributed by atoms with Crippen molar-refractivity contribution >= 4 is 40.5 Å². The molecule has 0 saturated carbocycles. The van der Waals surface area contributed by atoms with Crippen LogP contribution in [0.5, 0.6) is 0 Å². The van der Waals surface area contributed by atoms with Crippen LogP contribution in [-0.4, -0.2) is 34.3 Å². The average molecular weight is 474 g/mol. The molecule has 160 valence electrons. The molecule has 5 nitrogen and oxygen atoms in total. The molecule has 2 aliphatic heterocycles. The van der Waals surface area contributed by atoms with E-state index in [4.69, 9.17) is 44.6 Å². The molecule has 2 saturated heterocycles. The first-order valence-electron chi connectivity index (χ1n) is 10.2. The number of nitrogens with one attached hydrogen (secondary N) is 1. The minimum absolute atomic E-state index is 0.130. The van der Waals surface area contributed by atoms with Gasteiger partial charge >= 0.3 is 0 Å². The highest BCUT2D eigenvalue weighted by molar-refractivity contribution is 7.80. The van der Waals surface area contributed by atoms with Crippen LogP contribution < -0.4 is 5.32 Å². The first-order valence-corrected chi connectivity index (χ1v) is 11.4. The Balaban J connectivity index is 1.51. The highest BCUT2D eigenvalue weighted by Crippen LogP contribution is 2.42. The summed E-state index contributed by atoms with van der Waals surface area (Å²) in [5, 5.41) is 5.26. The van der Waals surface area contributed by atoms with Gasteiger partial charge in [0.25, 0.3) is 0 Å². The number of furan rings is 1. The molecule has 0 spiro atoms. The third-order valence-corrected chi connectivity index (χ3v) is 6.64. The Morgan fingerprint density at radius 3 is 2.81 bits per heavy atom. The number of rotatable bonds is 5. The summed E-state index contributed by atoms with van der Waals surface area (Å²) >= 11 is 18.2. The van der Waals surface area contributed by atoms with Gasteiger partial charge in [0, 0.05) is 29.9 Å². The van der Waals surface area contributed by atoms with Crippen molar-refractivity contribution in [2.75, 3.05) is 13.2 Å². The molecule has 4 heterocycles. The van der Waals surface area contributed by atoms with E-state index in [1.807, 2.05) is 36.4 Å². The minimum atomic E-state index is -0.147. The number of halogens is 2. The zero-order chi connectivity index (χ0) is 21.4.